The third-order valence-electron chi connectivity index (χ3n) is 3.82. The minimum Gasteiger partial charge on any atom is -0.388 e. The van der Waals surface area contributed by atoms with Crippen molar-refractivity contribution in [3.8, 4) is 0 Å². The van der Waals surface area contributed by atoms with Crippen molar-refractivity contribution < 1.29 is 17.9 Å². The molecule has 1 aliphatic heterocycles. The number of nitrogens with zero attached hydrogens (tertiary/aromatic N) is 1. The van der Waals surface area contributed by atoms with E-state index >= 15 is 0 Å². The Hall–Kier alpha value is -0.500. The summed E-state index contributed by atoms with van der Waals surface area (Å²) in [5.41, 5.74) is 0.251. The van der Waals surface area contributed by atoms with Crippen molar-refractivity contribution in [2.75, 3.05) is 19.3 Å². The number of hydrogen-bond acceptors (Lipinski definition) is 3. The topological polar surface area (TPSA) is 57.6 Å². The van der Waals surface area contributed by atoms with Gasteiger partial charge in [-0.2, -0.15) is 0 Å². The molecule has 1 aliphatic rings. The lowest BCUT2D eigenvalue weighted by Gasteiger charge is -2.32. The molecule has 2 rings (SSSR count). The molecule has 21 heavy (non-hydrogen) atoms. The Balaban J connectivity index is 2.05. The fourth-order valence-electron chi connectivity index (χ4n) is 2.73. The monoisotopic (exact) mass is 379 g/mol. The number of rotatable bonds is 4. The molecule has 1 aromatic rings. The van der Waals surface area contributed by atoms with Gasteiger partial charge in [-0.05, 0) is 43.4 Å². The molecule has 0 aliphatic carbocycles. The Kier molecular flexibility index (Phi) is 5.40. The predicted molar refractivity (Wildman–Crippen MR) is 82.8 cm³/mol. The molecule has 0 bridgehead atoms. The van der Waals surface area contributed by atoms with E-state index in [-0.39, 0.29) is 11.5 Å². The molecular formula is C14H19BrFNO3S. The summed E-state index contributed by atoms with van der Waals surface area (Å²) in [4.78, 5) is 0. The van der Waals surface area contributed by atoms with Crippen molar-refractivity contribution in [1.29, 1.82) is 0 Å². The van der Waals surface area contributed by atoms with Crippen molar-refractivity contribution in [3.05, 3.63) is 34.1 Å². The van der Waals surface area contributed by atoms with Gasteiger partial charge in [-0.3, -0.25) is 0 Å². The van der Waals surface area contributed by atoms with Crippen molar-refractivity contribution in [2.45, 2.75) is 25.4 Å². The van der Waals surface area contributed by atoms with Crippen LogP contribution in [0, 0.1) is 11.7 Å². The smallest absolute Gasteiger partial charge is 0.211 e. The second-order valence-electron chi connectivity index (χ2n) is 5.55. The molecule has 0 saturated carbocycles. The van der Waals surface area contributed by atoms with Crippen LogP contribution in [-0.2, 0) is 10.0 Å². The van der Waals surface area contributed by atoms with Gasteiger partial charge in [-0.1, -0.05) is 15.9 Å². The van der Waals surface area contributed by atoms with Gasteiger partial charge in [-0.25, -0.2) is 17.1 Å². The maximum Gasteiger partial charge on any atom is 0.211 e. The molecular weight excluding hydrogens is 361 g/mol. The van der Waals surface area contributed by atoms with E-state index < -0.39 is 21.9 Å². The molecule has 2 unspecified atom stereocenters. The summed E-state index contributed by atoms with van der Waals surface area (Å²) < 4.78 is 39.1. The molecule has 4 nitrogen and oxygen atoms in total. The van der Waals surface area contributed by atoms with Crippen LogP contribution in [0.4, 0.5) is 4.39 Å². The van der Waals surface area contributed by atoms with Gasteiger partial charge in [0.1, 0.15) is 5.82 Å². The van der Waals surface area contributed by atoms with Crippen LogP contribution in [0.5, 0.6) is 0 Å². The average molecular weight is 380 g/mol. The van der Waals surface area contributed by atoms with Crippen molar-refractivity contribution in [1.82, 2.24) is 4.31 Å². The van der Waals surface area contributed by atoms with E-state index in [1.54, 1.807) is 12.1 Å². The van der Waals surface area contributed by atoms with Gasteiger partial charge < -0.3 is 5.11 Å². The largest absolute Gasteiger partial charge is 0.388 e. The minimum atomic E-state index is -3.20. The zero-order chi connectivity index (χ0) is 15.6. The van der Waals surface area contributed by atoms with Crippen molar-refractivity contribution >= 4 is 26.0 Å². The molecule has 1 saturated heterocycles. The number of halogens is 2. The first-order valence-corrected chi connectivity index (χ1v) is 9.49. The van der Waals surface area contributed by atoms with Crippen LogP contribution in [0.3, 0.4) is 0 Å². The quantitative estimate of drug-likeness (QED) is 0.874. The molecule has 7 heteroatoms. The standard InChI is InChI=1S/C14H19BrFNO3S/c1-21(19,20)17-6-2-3-10(9-17)7-14(18)12-8-11(15)4-5-13(12)16/h4-5,8,10,14,18H,2-3,6-7,9H2,1H3. The number of aliphatic hydroxyl groups excluding tert-OH is 1. The third-order valence-corrected chi connectivity index (χ3v) is 5.59. The SMILES string of the molecule is CS(=O)(=O)N1CCCC(CC(O)c2cc(Br)ccc2F)C1. The predicted octanol–water partition coefficient (Wildman–Crippen LogP) is 2.68. The number of sulfonamides is 1. The first-order chi connectivity index (χ1) is 9.77. The fourth-order valence-corrected chi connectivity index (χ4v) is 4.05. The van der Waals surface area contributed by atoms with E-state index in [0.29, 0.717) is 24.0 Å². The van der Waals surface area contributed by atoms with Crippen LogP contribution in [0.2, 0.25) is 0 Å². The molecule has 0 amide bonds. The molecule has 1 aromatic carbocycles. The lowest BCUT2D eigenvalue weighted by Crippen LogP contribution is -2.39. The number of aliphatic hydroxyl groups is 1. The summed E-state index contributed by atoms with van der Waals surface area (Å²) in [6.45, 7) is 0.919. The molecule has 2 atom stereocenters. The Bertz CT molecular complexity index is 608. The second kappa shape index (κ2) is 6.73. The second-order valence-corrected chi connectivity index (χ2v) is 8.44. The number of hydrogen-bond donors (Lipinski definition) is 1. The minimum absolute atomic E-state index is 0.0434. The summed E-state index contributed by atoms with van der Waals surface area (Å²) in [5, 5.41) is 10.2. The van der Waals surface area contributed by atoms with Crippen LogP contribution in [0.15, 0.2) is 22.7 Å². The normalized spacial score (nSPS) is 22.2. The van der Waals surface area contributed by atoms with Gasteiger partial charge in [0.05, 0.1) is 12.4 Å². The Morgan fingerprint density at radius 3 is 2.90 bits per heavy atom. The van der Waals surface area contributed by atoms with Gasteiger partial charge in [0.25, 0.3) is 0 Å². The first-order valence-electron chi connectivity index (χ1n) is 6.85. The Morgan fingerprint density at radius 2 is 2.24 bits per heavy atom. The number of benzene rings is 1. The lowest BCUT2D eigenvalue weighted by molar-refractivity contribution is 0.119. The van der Waals surface area contributed by atoms with Crippen LogP contribution in [0.25, 0.3) is 0 Å². The van der Waals surface area contributed by atoms with Crippen molar-refractivity contribution in [2.24, 2.45) is 5.92 Å². The van der Waals surface area contributed by atoms with E-state index in [0.717, 1.165) is 12.8 Å². The highest BCUT2D eigenvalue weighted by atomic mass is 79.9. The van der Waals surface area contributed by atoms with E-state index in [2.05, 4.69) is 15.9 Å². The zero-order valence-corrected chi connectivity index (χ0v) is 14.2. The van der Waals surface area contributed by atoms with Crippen LogP contribution >= 0.6 is 15.9 Å². The lowest BCUT2D eigenvalue weighted by atomic mass is 9.91. The zero-order valence-electron chi connectivity index (χ0n) is 11.8. The summed E-state index contributed by atoms with van der Waals surface area (Å²) in [5.74, 6) is -0.400. The van der Waals surface area contributed by atoms with Crippen LogP contribution in [0.1, 0.15) is 30.9 Å². The van der Waals surface area contributed by atoms with Crippen LogP contribution < -0.4 is 0 Å². The number of piperidine rings is 1. The van der Waals surface area contributed by atoms with Gasteiger partial charge in [0, 0.05) is 23.1 Å². The van der Waals surface area contributed by atoms with E-state index in [9.17, 15) is 17.9 Å². The Labute approximate surface area is 133 Å². The Morgan fingerprint density at radius 1 is 1.52 bits per heavy atom. The maximum absolute atomic E-state index is 13.8. The van der Waals surface area contributed by atoms with Crippen molar-refractivity contribution in [3.63, 3.8) is 0 Å². The molecule has 118 valence electrons. The highest BCUT2D eigenvalue weighted by molar-refractivity contribution is 9.10. The summed E-state index contributed by atoms with van der Waals surface area (Å²) in [7, 11) is -3.20. The molecule has 0 spiro atoms. The first kappa shape index (κ1) is 16.9. The van der Waals surface area contributed by atoms with Gasteiger partial charge in [-0.15, -0.1) is 0 Å². The fraction of sp³-hybridized carbons (Fsp3) is 0.571. The van der Waals surface area contributed by atoms with Gasteiger partial charge in [0.2, 0.25) is 10.0 Å². The van der Waals surface area contributed by atoms with E-state index in [1.807, 2.05) is 0 Å². The molecule has 0 radical (unpaired) electrons. The van der Waals surface area contributed by atoms with Gasteiger partial charge >= 0.3 is 0 Å². The highest BCUT2D eigenvalue weighted by Crippen LogP contribution is 2.30. The van der Waals surface area contributed by atoms with E-state index in [1.165, 1.54) is 16.6 Å². The van der Waals surface area contributed by atoms with Gasteiger partial charge in [0.15, 0.2) is 0 Å². The highest BCUT2D eigenvalue weighted by Gasteiger charge is 2.28. The molecule has 1 heterocycles. The maximum atomic E-state index is 13.8. The van der Waals surface area contributed by atoms with Crippen LogP contribution in [-0.4, -0.2) is 37.2 Å². The third kappa shape index (κ3) is 4.48. The summed E-state index contributed by atoms with van der Waals surface area (Å²) in [6, 6.07) is 4.46. The summed E-state index contributed by atoms with van der Waals surface area (Å²) >= 11 is 3.26. The average Bonchev–Trinajstić information content (AvgIpc) is 2.41. The van der Waals surface area contributed by atoms with E-state index in [4.69, 9.17) is 0 Å². The molecule has 1 fully saturated rings. The molecule has 1 N–H and O–H groups in total. The molecule has 0 aromatic heterocycles. The summed E-state index contributed by atoms with van der Waals surface area (Å²) in [6.07, 6.45) is 2.25.